The van der Waals surface area contributed by atoms with Gasteiger partial charge in [-0.2, -0.15) is 0 Å². The molecular weight excluding hydrogens is 292 g/mol. The van der Waals surface area contributed by atoms with Gasteiger partial charge in [0.1, 0.15) is 5.76 Å². The normalized spacial score (nSPS) is 21.5. The summed E-state index contributed by atoms with van der Waals surface area (Å²) in [5.41, 5.74) is 1.80. The molecule has 1 aliphatic heterocycles. The van der Waals surface area contributed by atoms with Gasteiger partial charge in [0.15, 0.2) is 0 Å². The fourth-order valence-electron chi connectivity index (χ4n) is 3.15. The van der Waals surface area contributed by atoms with Crippen LogP contribution in [0.1, 0.15) is 21.7 Å². The Morgan fingerprint density at radius 2 is 2.09 bits per heavy atom. The van der Waals surface area contributed by atoms with Crippen LogP contribution in [-0.4, -0.2) is 41.7 Å². The third-order valence-corrected chi connectivity index (χ3v) is 4.42. The first-order chi connectivity index (χ1) is 11.2. The Bertz CT molecular complexity index is 653. The van der Waals surface area contributed by atoms with E-state index in [2.05, 4.69) is 22.3 Å². The van der Waals surface area contributed by atoms with Crippen molar-refractivity contribution in [2.75, 3.05) is 19.7 Å². The van der Waals surface area contributed by atoms with Gasteiger partial charge in [-0.25, -0.2) is 0 Å². The van der Waals surface area contributed by atoms with Crippen molar-refractivity contribution in [2.24, 2.45) is 5.92 Å². The molecule has 0 unspecified atom stereocenters. The molecule has 1 amide bonds. The van der Waals surface area contributed by atoms with Gasteiger partial charge in [-0.3, -0.25) is 9.69 Å². The van der Waals surface area contributed by atoms with Crippen molar-refractivity contribution in [1.29, 1.82) is 0 Å². The zero-order valence-corrected chi connectivity index (χ0v) is 13.2. The molecule has 23 heavy (non-hydrogen) atoms. The molecule has 0 aliphatic carbocycles. The van der Waals surface area contributed by atoms with Crippen LogP contribution in [0.4, 0.5) is 0 Å². The maximum Gasteiger partial charge on any atom is 0.255 e. The molecule has 2 atom stereocenters. The SMILES string of the molecule is Cc1occc1C(=O)N[C@@H]1CN(Cc2ccccc2)C[C@H]1CO. The lowest BCUT2D eigenvalue weighted by atomic mass is 10.0. The van der Waals surface area contributed by atoms with Crippen LogP contribution < -0.4 is 5.32 Å². The molecule has 1 aromatic heterocycles. The molecule has 1 saturated heterocycles. The van der Waals surface area contributed by atoms with Crippen LogP contribution >= 0.6 is 0 Å². The molecule has 5 nitrogen and oxygen atoms in total. The van der Waals surface area contributed by atoms with Crippen LogP contribution in [0.5, 0.6) is 0 Å². The highest BCUT2D eigenvalue weighted by molar-refractivity contribution is 5.95. The highest BCUT2D eigenvalue weighted by Gasteiger charge is 2.33. The minimum atomic E-state index is -0.138. The predicted molar refractivity (Wildman–Crippen MR) is 87.0 cm³/mol. The highest BCUT2D eigenvalue weighted by atomic mass is 16.3. The zero-order valence-electron chi connectivity index (χ0n) is 13.2. The fourth-order valence-corrected chi connectivity index (χ4v) is 3.15. The second kappa shape index (κ2) is 6.98. The van der Waals surface area contributed by atoms with Gasteiger partial charge in [-0.05, 0) is 18.6 Å². The van der Waals surface area contributed by atoms with E-state index >= 15 is 0 Å². The van der Waals surface area contributed by atoms with Gasteiger partial charge in [0.25, 0.3) is 5.91 Å². The Labute approximate surface area is 135 Å². The number of aryl methyl sites for hydroxylation is 1. The van der Waals surface area contributed by atoms with Crippen molar-refractivity contribution < 1.29 is 14.3 Å². The predicted octanol–water partition coefficient (Wildman–Crippen LogP) is 1.81. The van der Waals surface area contributed by atoms with Gasteiger partial charge in [0.05, 0.1) is 11.8 Å². The smallest absolute Gasteiger partial charge is 0.255 e. The molecule has 1 aliphatic rings. The molecular formula is C18H22N2O3. The van der Waals surface area contributed by atoms with E-state index in [9.17, 15) is 9.90 Å². The molecule has 0 radical (unpaired) electrons. The average molecular weight is 314 g/mol. The van der Waals surface area contributed by atoms with Crippen LogP contribution in [0, 0.1) is 12.8 Å². The molecule has 1 aromatic carbocycles. The number of nitrogens with zero attached hydrogens (tertiary/aromatic N) is 1. The van der Waals surface area contributed by atoms with Crippen molar-refractivity contribution in [3.63, 3.8) is 0 Å². The van der Waals surface area contributed by atoms with Crippen LogP contribution in [0.3, 0.4) is 0 Å². The molecule has 0 spiro atoms. The summed E-state index contributed by atoms with van der Waals surface area (Å²) in [5, 5.41) is 12.7. The number of likely N-dealkylation sites (tertiary alicyclic amines) is 1. The van der Waals surface area contributed by atoms with Crippen molar-refractivity contribution in [1.82, 2.24) is 10.2 Å². The van der Waals surface area contributed by atoms with Crippen molar-refractivity contribution in [3.05, 3.63) is 59.5 Å². The lowest BCUT2D eigenvalue weighted by molar-refractivity contribution is 0.0919. The van der Waals surface area contributed by atoms with Crippen LogP contribution in [-0.2, 0) is 6.54 Å². The summed E-state index contributed by atoms with van der Waals surface area (Å²) in [6.07, 6.45) is 1.52. The first-order valence-electron chi connectivity index (χ1n) is 7.89. The Morgan fingerprint density at radius 3 is 2.74 bits per heavy atom. The lowest BCUT2D eigenvalue weighted by Crippen LogP contribution is -2.41. The second-order valence-electron chi connectivity index (χ2n) is 6.09. The summed E-state index contributed by atoms with van der Waals surface area (Å²) in [6.45, 7) is 4.19. The van der Waals surface area contributed by atoms with Crippen molar-refractivity contribution in [2.45, 2.75) is 19.5 Å². The number of aliphatic hydroxyl groups excluding tert-OH is 1. The van der Waals surface area contributed by atoms with Gasteiger partial charge >= 0.3 is 0 Å². The molecule has 2 heterocycles. The summed E-state index contributed by atoms with van der Waals surface area (Å²) >= 11 is 0. The summed E-state index contributed by atoms with van der Waals surface area (Å²) in [7, 11) is 0. The van der Waals surface area contributed by atoms with Crippen LogP contribution in [0.25, 0.3) is 0 Å². The average Bonchev–Trinajstić information content (AvgIpc) is 3.14. The van der Waals surface area contributed by atoms with E-state index in [0.717, 1.165) is 19.6 Å². The second-order valence-corrected chi connectivity index (χ2v) is 6.09. The summed E-state index contributed by atoms with van der Waals surface area (Å²) in [5.74, 6) is 0.526. The standard InChI is InChI=1S/C18H22N2O3/c1-13-16(7-8-23-13)18(22)19-17-11-20(10-15(17)12-21)9-14-5-3-2-4-6-14/h2-8,15,17,21H,9-12H2,1H3,(H,19,22)/t15-,17+/m0/s1. The third-order valence-electron chi connectivity index (χ3n) is 4.42. The molecule has 0 saturated carbocycles. The number of carbonyl (C=O) groups is 1. The lowest BCUT2D eigenvalue weighted by Gasteiger charge is -2.18. The maximum atomic E-state index is 12.3. The molecule has 122 valence electrons. The Kier molecular flexibility index (Phi) is 4.79. The summed E-state index contributed by atoms with van der Waals surface area (Å²) < 4.78 is 5.18. The molecule has 5 heteroatoms. The zero-order chi connectivity index (χ0) is 16.2. The minimum Gasteiger partial charge on any atom is -0.469 e. The molecule has 0 bridgehead atoms. The van der Waals surface area contributed by atoms with E-state index in [1.807, 2.05) is 18.2 Å². The Morgan fingerprint density at radius 1 is 1.30 bits per heavy atom. The van der Waals surface area contributed by atoms with Gasteiger partial charge in [0.2, 0.25) is 0 Å². The number of furan rings is 1. The van der Waals surface area contributed by atoms with E-state index in [-0.39, 0.29) is 24.5 Å². The van der Waals surface area contributed by atoms with E-state index in [0.29, 0.717) is 11.3 Å². The van der Waals surface area contributed by atoms with Crippen molar-refractivity contribution >= 4 is 5.91 Å². The van der Waals surface area contributed by atoms with E-state index in [1.165, 1.54) is 11.8 Å². The largest absolute Gasteiger partial charge is 0.469 e. The quantitative estimate of drug-likeness (QED) is 0.883. The van der Waals surface area contributed by atoms with Gasteiger partial charge < -0.3 is 14.8 Å². The summed E-state index contributed by atoms with van der Waals surface area (Å²) in [6, 6.07) is 11.9. The maximum absolute atomic E-state index is 12.3. The Balaban J connectivity index is 1.63. The molecule has 2 N–H and O–H groups in total. The van der Waals surface area contributed by atoms with Gasteiger partial charge in [0, 0.05) is 38.2 Å². The highest BCUT2D eigenvalue weighted by Crippen LogP contribution is 2.20. The first-order valence-corrected chi connectivity index (χ1v) is 7.89. The summed E-state index contributed by atoms with van der Waals surface area (Å²) in [4.78, 5) is 14.6. The fraction of sp³-hybridized carbons (Fsp3) is 0.389. The number of nitrogens with one attached hydrogen (secondary N) is 1. The number of amides is 1. The number of hydrogen-bond donors (Lipinski definition) is 2. The van der Waals surface area contributed by atoms with Gasteiger partial charge in [-0.15, -0.1) is 0 Å². The molecule has 3 rings (SSSR count). The van der Waals surface area contributed by atoms with Crippen LogP contribution in [0.2, 0.25) is 0 Å². The monoisotopic (exact) mass is 314 g/mol. The van der Waals surface area contributed by atoms with E-state index in [4.69, 9.17) is 4.42 Å². The number of rotatable bonds is 5. The van der Waals surface area contributed by atoms with Crippen LogP contribution in [0.15, 0.2) is 47.1 Å². The van der Waals surface area contributed by atoms with Crippen molar-refractivity contribution in [3.8, 4) is 0 Å². The van der Waals surface area contributed by atoms with E-state index < -0.39 is 0 Å². The first kappa shape index (κ1) is 15.8. The minimum absolute atomic E-state index is 0.0505. The molecule has 1 fully saturated rings. The number of carbonyl (C=O) groups excluding carboxylic acids is 1. The van der Waals surface area contributed by atoms with E-state index in [1.54, 1.807) is 13.0 Å². The van der Waals surface area contributed by atoms with Gasteiger partial charge in [-0.1, -0.05) is 30.3 Å². The number of hydrogen-bond acceptors (Lipinski definition) is 4. The number of benzene rings is 1. The number of aliphatic hydroxyl groups is 1. The third kappa shape index (κ3) is 3.63. The topological polar surface area (TPSA) is 65.7 Å². The Hall–Kier alpha value is -2.11. The molecule has 2 aromatic rings.